The van der Waals surface area contributed by atoms with Crippen molar-refractivity contribution in [3.63, 3.8) is 0 Å². The lowest BCUT2D eigenvalue weighted by Gasteiger charge is -2.23. The molecular weight excluding hydrogens is 401 g/mol. The molecule has 0 aromatic carbocycles. The van der Waals surface area contributed by atoms with E-state index in [2.05, 4.69) is 27.0 Å². The van der Waals surface area contributed by atoms with Crippen LogP contribution in [0.3, 0.4) is 0 Å². The summed E-state index contributed by atoms with van der Waals surface area (Å²) < 4.78 is 0. The third kappa shape index (κ3) is 6.16. The maximum Gasteiger partial charge on any atom is 0.195 e. The lowest BCUT2D eigenvalue weighted by molar-refractivity contribution is 0.479. The summed E-state index contributed by atoms with van der Waals surface area (Å²) in [5, 5.41) is 0. The molecule has 2 rings (SSSR count). The fourth-order valence-electron chi connectivity index (χ4n) is 2.84. The molecule has 0 amide bonds. The summed E-state index contributed by atoms with van der Waals surface area (Å²) in [5.41, 5.74) is 1.15. The Morgan fingerprint density at radius 3 is 2.13 bits per heavy atom. The second kappa shape index (κ2) is 9.95. The quantitative estimate of drug-likeness (QED) is 0.419. The third-order valence-corrected chi connectivity index (χ3v) is 3.94. The van der Waals surface area contributed by atoms with Gasteiger partial charge in [-0.2, -0.15) is 0 Å². The van der Waals surface area contributed by atoms with Crippen molar-refractivity contribution in [2.24, 2.45) is 4.99 Å². The number of halogens is 1. The number of rotatable bonds is 3. The Morgan fingerprint density at radius 2 is 1.65 bits per heavy atom. The first-order chi connectivity index (χ1) is 10.6. The molecule has 0 unspecified atom stereocenters. The molecule has 0 atom stereocenters. The number of guanidine groups is 1. The summed E-state index contributed by atoms with van der Waals surface area (Å²) in [5.74, 6) is 2.08. The van der Waals surface area contributed by atoms with Crippen LogP contribution >= 0.6 is 24.0 Å². The van der Waals surface area contributed by atoms with Crippen LogP contribution in [-0.2, 0) is 6.54 Å². The molecule has 130 valence electrons. The van der Waals surface area contributed by atoms with Gasteiger partial charge in [-0.1, -0.05) is 18.9 Å². The van der Waals surface area contributed by atoms with Gasteiger partial charge in [-0.05, 0) is 24.5 Å². The molecule has 1 fully saturated rings. The summed E-state index contributed by atoms with van der Waals surface area (Å²) >= 11 is 0. The van der Waals surface area contributed by atoms with Gasteiger partial charge >= 0.3 is 0 Å². The van der Waals surface area contributed by atoms with Crippen LogP contribution < -0.4 is 4.90 Å². The van der Waals surface area contributed by atoms with Crippen molar-refractivity contribution < 1.29 is 0 Å². The fraction of sp³-hybridized carbons (Fsp3) is 0.647. The van der Waals surface area contributed by atoms with E-state index in [4.69, 9.17) is 0 Å². The van der Waals surface area contributed by atoms with Gasteiger partial charge in [-0.25, -0.2) is 9.98 Å². The van der Waals surface area contributed by atoms with E-state index < -0.39 is 0 Å². The van der Waals surface area contributed by atoms with Crippen LogP contribution in [0.25, 0.3) is 0 Å². The van der Waals surface area contributed by atoms with Crippen molar-refractivity contribution in [3.05, 3.63) is 23.9 Å². The lowest BCUT2D eigenvalue weighted by Crippen LogP contribution is -2.35. The Kier molecular flexibility index (Phi) is 8.65. The van der Waals surface area contributed by atoms with E-state index in [1.165, 1.54) is 25.7 Å². The van der Waals surface area contributed by atoms with Crippen molar-refractivity contribution in [1.82, 2.24) is 14.8 Å². The molecule has 0 aliphatic carbocycles. The zero-order valence-corrected chi connectivity index (χ0v) is 17.2. The molecule has 0 N–H and O–H groups in total. The molecule has 0 spiro atoms. The molecule has 0 radical (unpaired) electrons. The first kappa shape index (κ1) is 20.0. The number of nitrogens with zero attached hydrogens (tertiary/aromatic N) is 5. The standard InChI is InChI=1S/C17H29N5.HI/c1-20(2)17(21(3)4)19-14-15-9-10-16(18-13-15)22-11-7-5-6-8-12-22;/h9-10,13H,5-8,11-12,14H2,1-4H3;1H. The van der Waals surface area contributed by atoms with Gasteiger partial charge in [0.15, 0.2) is 5.96 Å². The van der Waals surface area contributed by atoms with Crippen molar-refractivity contribution in [1.29, 1.82) is 0 Å². The molecule has 1 aromatic rings. The molecule has 1 aromatic heterocycles. The van der Waals surface area contributed by atoms with Crippen LogP contribution in [-0.4, -0.2) is 62.0 Å². The Bertz CT molecular complexity index is 466. The molecule has 2 heterocycles. The van der Waals surface area contributed by atoms with Gasteiger partial charge in [-0.15, -0.1) is 24.0 Å². The highest BCUT2D eigenvalue weighted by Crippen LogP contribution is 2.17. The van der Waals surface area contributed by atoms with Crippen LogP contribution in [0.15, 0.2) is 23.3 Å². The van der Waals surface area contributed by atoms with Gasteiger partial charge in [0.25, 0.3) is 0 Å². The van der Waals surface area contributed by atoms with E-state index in [1.54, 1.807) is 0 Å². The third-order valence-electron chi connectivity index (χ3n) is 3.94. The lowest BCUT2D eigenvalue weighted by atomic mass is 10.2. The molecule has 0 saturated carbocycles. The van der Waals surface area contributed by atoms with Gasteiger partial charge in [0.2, 0.25) is 0 Å². The average molecular weight is 431 g/mol. The van der Waals surface area contributed by atoms with E-state index in [9.17, 15) is 0 Å². The highest BCUT2D eigenvalue weighted by molar-refractivity contribution is 14.0. The summed E-state index contributed by atoms with van der Waals surface area (Å²) in [6, 6.07) is 4.29. The maximum atomic E-state index is 4.67. The van der Waals surface area contributed by atoms with Crippen LogP contribution in [0.2, 0.25) is 0 Å². The number of anilines is 1. The average Bonchev–Trinajstić information content (AvgIpc) is 2.76. The molecule has 0 bridgehead atoms. The Morgan fingerprint density at radius 1 is 1.04 bits per heavy atom. The van der Waals surface area contributed by atoms with Gasteiger partial charge in [-0.3, -0.25) is 0 Å². The number of hydrogen-bond acceptors (Lipinski definition) is 3. The molecule has 1 saturated heterocycles. The molecule has 1 aliphatic heterocycles. The zero-order chi connectivity index (χ0) is 15.9. The van der Waals surface area contributed by atoms with E-state index in [0.717, 1.165) is 30.4 Å². The predicted octanol–water partition coefficient (Wildman–Crippen LogP) is 3.06. The number of pyridine rings is 1. The van der Waals surface area contributed by atoms with Crippen molar-refractivity contribution in [3.8, 4) is 0 Å². The molecule has 5 nitrogen and oxygen atoms in total. The summed E-state index contributed by atoms with van der Waals surface area (Å²) in [7, 11) is 8.05. The van der Waals surface area contributed by atoms with Gasteiger partial charge < -0.3 is 14.7 Å². The molecular formula is C17H30IN5. The zero-order valence-electron chi connectivity index (χ0n) is 14.8. The molecule has 23 heavy (non-hydrogen) atoms. The summed E-state index contributed by atoms with van der Waals surface area (Å²) in [4.78, 5) is 15.8. The van der Waals surface area contributed by atoms with Gasteiger partial charge in [0.05, 0.1) is 6.54 Å². The van der Waals surface area contributed by atoms with Crippen LogP contribution in [0, 0.1) is 0 Å². The van der Waals surface area contributed by atoms with E-state index in [0.29, 0.717) is 6.54 Å². The normalized spacial score (nSPS) is 14.5. The Labute approximate surface area is 157 Å². The number of hydrogen-bond donors (Lipinski definition) is 0. The smallest absolute Gasteiger partial charge is 0.195 e. The second-order valence-corrected chi connectivity index (χ2v) is 6.33. The highest BCUT2D eigenvalue weighted by atomic mass is 127. The van der Waals surface area contributed by atoms with Gasteiger partial charge in [0.1, 0.15) is 5.82 Å². The van der Waals surface area contributed by atoms with E-state index in [1.807, 2.05) is 44.2 Å². The summed E-state index contributed by atoms with van der Waals surface area (Å²) in [6.07, 6.45) is 7.22. The first-order valence-corrected chi connectivity index (χ1v) is 8.17. The summed E-state index contributed by atoms with van der Waals surface area (Å²) in [6.45, 7) is 2.94. The van der Waals surface area contributed by atoms with Gasteiger partial charge in [0, 0.05) is 47.5 Å². The first-order valence-electron chi connectivity index (χ1n) is 8.17. The maximum absolute atomic E-state index is 4.67. The topological polar surface area (TPSA) is 35.0 Å². The molecule has 6 heteroatoms. The number of aromatic nitrogens is 1. The van der Waals surface area contributed by atoms with Crippen LogP contribution in [0.4, 0.5) is 5.82 Å². The Balaban J connectivity index is 0.00000264. The Hall–Kier alpha value is -1.05. The van der Waals surface area contributed by atoms with Crippen molar-refractivity contribution in [2.75, 3.05) is 46.2 Å². The predicted molar refractivity (Wildman–Crippen MR) is 109 cm³/mol. The fourth-order valence-corrected chi connectivity index (χ4v) is 2.84. The SMILES string of the molecule is CN(C)C(=NCc1ccc(N2CCCCCC2)nc1)N(C)C.I. The van der Waals surface area contributed by atoms with Crippen molar-refractivity contribution in [2.45, 2.75) is 32.2 Å². The van der Waals surface area contributed by atoms with Crippen molar-refractivity contribution >= 4 is 35.8 Å². The minimum absolute atomic E-state index is 0. The second-order valence-electron chi connectivity index (χ2n) is 6.33. The minimum Gasteiger partial charge on any atom is -0.357 e. The number of aliphatic imine (C=N–C) groups is 1. The largest absolute Gasteiger partial charge is 0.357 e. The monoisotopic (exact) mass is 431 g/mol. The minimum atomic E-state index is 0. The van der Waals surface area contributed by atoms with Crippen LogP contribution in [0.1, 0.15) is 31.2 Å². The van der Waals surface area contributed by atoms with E-state index >= 15 is 0 Å². The van der Waals surface area contributed by atoms with E-state index in [-0.39, 0.29) is 24.0 Å². The van der Waals surface area contributed by atoms with Crippen LogP contribution in [0.5, 0.6) is 0 Å². The molecule has 1 aliphatic rings. The highest BCUT2D eigenvalue weighted by Gasteiger charge is 2.11.